The molecule has 0 aliphatic heterocycles. The summed E-state index contributed by atoms with van der Waals surface area (Å²) in [6, 6.07) is 3.88. The van der Waals surface area contributed by atoms with Crippen molar-refractivity contribution in [1.29, 1.82) is 0 Å². The summed E-state index contributed by atoms with van der Waals surface area (Å²) in [5.41, 5.74) is 0.569. The van der Waals surface area contributed by atoms with Gasteiger partial charge in [-0.1, -0.05) is 26.2 Å². The highest BCUT2D eigenvalue weighted by molar-refractivity contribution is 5.93. The molecule has 6 nitrogen and oxygen atoms in total. The van der Waals surface area contributed by atoms with E-state index in [9.17, 15) is 4.79 Å². The van der Waals surface area contributed by atoms with Crippen LogP contribution in [-0.4, -0.2) is 43.0 Å². The number of nitrogens with zero attached hydrogens (tertiary/aromatic N) is 2. The van der Waals surface area contributed by atoms with E-state index in [1.54, 1.807) is 31.6 Å². The second-order valence-corrected chi connectivity index (χ2v) is 5.54. The summed E-state index contributed by atoms with van der Waals surface area (Å²) in [6.07, 6.45) is 8.06. The average Bonchev–Trinajstić information content (AvgIpc) is 2.58. The zero-order chi connectivity index (χ0) is 16.9. The maximum Gasteiger partial charge on any atom is 0.252 e. The van der Waals surface area contributed by atoms with E-state index in [2.05, 4.69) is 39.8 Å². The molecule has 1 rings (SSSR count). The molecule has 0 aromatic carbocycles. The number of carbonyl (C=O) groups excluding carboxylic acids is 1. The van der Waals surface area contributed by atoms with Crippen LogP contribution >= 0.6 is 0 Å². The van der Waals surface area contributed by atoms with Crippen LogP contribution < -0.4 is 16.0 Å². The van der Waals surface area contributed by atoms with Crippen molar-refractivity contribution in [3.63, 3.8) is 0 Å². The van der Waals surface area contributed by atoms with Gasteiger partial charge in [0.1, 0.15) is 0 Å². The van der Waals surface area contributed by atoms with Crippen molar-refractivity contribution in [2.45, 2.75) is 45.6 Å². The predicted molar refractivity (Wildman–Crippen MR) is 94.7 cm³/mol. The minimum absolute atomic E-state index is 0.115. The fourth-order valence-electron chi connectivity index (χ4n) is 2.16. The molecule has 1 atom stereocenters. The third kappa shape index (κ3) is 8.18. The molecule has 0 saturated heterocycles. The van der Waals surface area contributed by atoms with Gasteiger partial charge in [0, 0.05) is 38.6 Å². The van der Waals surface area contributed by atoms with E-state index in [4.69, 9.17) is 0 Å². The molecule has 6 heteroatoms. The number of rotatable bonds is 9. The van der Waals surface area contributed by atoms with Crippen molar-refractivity contribution < 1.29 is 4.79 Å². The lowest BCUT2D eigenvalue weighted by atomic mass is 10.1. The monoisotopic (exact) mass is 319 g/mol. The maximum atomic E-state index is 11.9. The number of amides is 1. The number of unbranched alkanes of at least 4 members (excludes halogenated alkanes) is 2. The summed E-state index contributed by atoms with van der Waals surface area (Å²) in [5, 5.41) is 9.42. The van der Waals surface area contributed by atoms with Crippen molar-refractivity contribution >= 4 is 11.9 Å². The molecule has 3 N–H and O–H groups in total. The third-order valence-corrected chi connectivity index (χ3v) is 3.47. The number of pyridine rings is 1. The zero-order valence-corrected chi connectivity index (χ0v) is 14.4. The Bertz CT molecular complexity index is 475. The van der Waals surface area contributed by atoms with Gasteiger partial charge in [-0.05, 0) is 25.5 Å². The minimum Gasteiger partial charge on any atom is -0.355 e. The molecule has 0 fully saturated rings. The van der Waals surface area contributed by atoms with Gasteiger partial charge in [-0.3, -0.25) is 14.8 Å². The number of carbonyl (C=O) groups is 1. The Morgan fingerprint density at radius 3 is 2.74 bits per heavy atom. The first-order valence-electron chi connectivity index (χ1n) is 8.32. The van der Waals surface area contributed by atoms with Crippen LogP contribution in [0, 0.1) is 0 Å². The van der Waals surface area contributed by atoms with Crippen molar-refractivity contribution in [3.05, 3.63) is 30.1 Å². The Kier molecular flexibility index (Phi) is 9.43. The number of hydrogen-bond acceptors (Lipinski definition) is 3. The van der Waals surface area contributed by atoms with Crippen LogP contribution in [0.3, 0.4) is 0 Å². The van der Waals surface area contributed by atoms with Gasteiger partial charge in [-0.15, -0.1) is 0 Å². The van der Waals surface area contributed by atoms with E-state index in [1.807, 2.05) is 0 Å². The Morgan fingerprint density at radius 1 is 1.30 bits per heavy atom. The van der Waals surface area contributed by atoms with Gasteiger partial charge in [0.15, 0.2) is 5.96 Å². The van der Waals surface area contributed by atoms with Gasteiger partial charge in [0.25, 0.3) is 5.91 Å². The first kappa shape index (κ1) is 18.9. The highest BCUT2D eigenvalue weighted by Gasteiger charge is 2.06. The van der Waals surface area contributed by atoms with E-state index in [0.717, 1.165) is 12.4 Å². The van der Waals surface area contributed by atoms with Gasteiger partial charge >= 0.3 is 0 Å². The Hall–Kier alpha value is -2.11. The van der Waals surface area contributed by atoms with E-state index in [0.29, 0.717) is 24.7 Å². The van der Waals surface area contributed by atoms with Crippen molar-refractivity contribution in [3.8, 4) is 0 Å². The van der Waals surface area contributed by atoms with Gasteiger partial charge < -0.3 is 16.0 Å². The molecule has 1 unspecified atom stereocenters. The second-order valence-electron chi connectivity index (χ2n) is 5.54. The summed E-state index contributed by atoms with van der Waals surface area (Å²) >= 11 is 0. The quantitative estimate of drug-likeness (QED) is 0.369. The SMILES string of the molecule is CCCCCC(C)NC(=NC)NCCNC(=O)c1cccnc1. The average molecular weight is 319 g/mol. The molecule has 0 saturated carbocycles. The molecular formula is C17H29N5O. The molecule has 1 amide bonds. The van der Waals surface area contributed by atoms with E-state index < -0.39 is 0 Å². The topological polar surface area (TPSA) is 78.4 Å². The highest BCUT2D eigenvalue weighted by atomic mass is 16.1. The van der Waals surface area contributed by atoms with Crippen LogP contribution in [0.25, 0.3) is 0 Å². The summed E-state index contributed by atoms with van der Waals surface area (Å²) in [5.74, 6) is 0.653. The normalized spacial score (nSPS) is 12.6. The summed E-state index contributed by atoms with van der Waals surface area (Å²) in [7, 11) is 1.75. The van der Waals surface area contributed by atoms with E-state index in [1.165, 1.54) is 19.3 Å². The highest BCUT2D eigenvalue weighted by Crippen LogP contribution is 2.02. The van der Waals surface area contributed by atoms with Gasteiger partial charge in [0.2, 0.25) is 0 Å². The summed E-state index contributed by atoms with van der Waals surface area (Å²) < 4.78 is 0. The number of guanidine groups is 1. The van der Waals surface area contributed by atoms with E-state index >= 15 is 0 Å². The molecule has 0 aliphatic carbocycles. The predicted octanol–water partition coefficient (Wildman–Crippen LogP) is 1.95. The first-order chi connectivity index (χ1) is 11.2. The Morgan fingerprint density at radius 2 is 2.09 bits per heavy atom. The molecular weight excluding hydrogens is 290 g/mol. The molecule has 0 radical (unpaired) electrons. The van der Waals surface area contributed by atoms with Crippen LogP contribution in [-0.2, 0) is 0 Å². The molecule has 0 spiro atoms. The van der Waals surface area contributed by atoms with Crippen molar-refractivity contribution in [2.24, 2.45) is 4.99 Å². The first-order valence-corrected chi connectivity index (χ1v) is 8.32. The molecule has 0 aliphatic rings. The Balaban J connectivity index is 2.21. The zero-order valence-electron chi connectivity index (χ0n) is 14.4. The largest absolute Gasteiger partial charge is 0.355 e. The van der Waals surface area contributed by atoms with Gasteiger partial charge in [-0.2, -0.15) is 0 Å². The third-order valence-electron chi connectivity index (χ3n) is 3.47. The van der Waals surface area contributed by atoms with Crippen LogP contribution in [0.5, 0.6) is 0 Å². The molecule has 23 heavy (non-hydrogen) atoms. The number of hydrogen-bond donors (Lipinski definition) is 3. The lowest BCUT2D eigenvalue weighted by molar-refractivity contribution is 0.0954. The molecule has 1 aromatic rings. The van der Waals surface area contributed by atoms with Gasteiger partial charge in [-0.25, -0.2) is 0 Å². The lowest BCUT2D eigenvalue weighted by Gasteiger charge is -2.18. The maximum absolute atomic E-state index is 11.9. The lowest BCUT2D eigenvalue weighted by Crippen LogP contribution is -2.44. The van der Waals surface area contributed by atoms with Crippen molar-refractivity contribution in [1.82, 2.24) is 20.9 Å². The fourth-order valence-corrected chi connectivity index (χ4v) is 2.16. The molecule has 128 valence electrons. The number of nitrogens with one attached hydrogen (secondary N) is 3. The molecule has 1 heterocycles. The number of aliphatic imine (C=N–C) groups is 1. The summed E-state index contributed by atoms with van der Waals surface area (Å²) in [4.78, 5) is 20.0. The summed E-state index contributed by atoms with van der Waals surface area (Å²) in [6.45, 7) is 5.51. The number of aromatic nitrogens is 1. The molecule has 0 bridgehead atoms. The minimum atomic E-state index is -0.115. The Labute approximate surface area is 139 Å². The van der Waals surface area contributed by atoms with Crippen LogP contribution in [0.4, 0.5) is 0 Å². The van der Waals surface area contributed by atoms with Crippen LogP contribution in [0.2, 0.25) is 0 Å². The smallest absolute Gasteiger partial charge is 0.252 e. The van der Waals surface area contributed by atoms with Crippen molar-refractivity contribution in [2.75, 3.05) is 20.1 Å². The fraction of sp³-hybridized carbons (Fsp3) is 0.588. The van der Waals surface area contributed by atoms with Crippen LogP contribution in [0.15, 0.2) is 29.5 Å². The second kappa shape index (κ2) is 11.5. The molecule has 1 aromatic heterocycles. The van der Waals surface area contributed by atoms with E-state index in [-0.39, 0.29) is 5.91 Å². The standard InChI is InChI=1S/C17H29N5O/c1-4-5-6-8-14(2)22-17(18-3)21-12-11-20-16(23)15-9-7-10-19-13-15/h7,9-10,13-14H,4-6,8,11-12H2,1-3H3,(H,20,23)(H2,18,21,22). The van der Waals surface area contributed by atoms with Crippen LogP contribution in [0.1, 0.15) is 49.9 Å². The van der Waals surface area contributed by atoms with Gasteiger partial charge in [0.05, 0.1) is 5.56 Å².